The van der Waals surface area contributed by atoms with E-state index in [9.17, 15) is 23.2 Å². The Labute approximate surface area is 268 Å². The molecule has 0 spiro atoms. The lowest BCUT2D eigenvalue weighted by atomic mass is 9.83. The molecule has 4 rings (SSSR count). The molecule has 2 fully saturated rings. The van der Waals surface area contributed by atoms with Gasteiger partial charge in [-0.25, -0.2) is 4.39 Å². The lowest BCUT2D eigenvalue weighted by Gasteiger charge is -2.39. The molecule has 2 aliphatic rings. The second-order valence-corrected chi connectivity index (χ2v) is 11.8. The van der Waals surface area contributed by atoms with E-state index in [0.29, 0.717) is 18.6 Å². The van der Waals surface area contributed by atoms with Gasteiger partial charge in [-0.05, 0) is 38.8 Å². The van der Waals surface area contributed by atoms with Crippen molar-refractivity contribution in [3.63, 3.8) is 0 Å². The average molecular weight is 652 g/mol. The highest BCUT2D eigenvalue weighted by atomic mass is 19.2. The number of fused-ring (bicyclic) bond motifs is 1. The van der Waals surface area contributed by atoms with Gasteiger partial charge >= 0.3 is 0 Å². The molecule has 1 aliphatic heterocycles. The summed E-state index contributed by atoms with van der Waals surface area (Å²) < 4.78 is 47.0. The third-order valence-electron chi connectivity index (χ3n) is 8.89. The van der Waals surface area contributed by atoms with Crippen LogP contribution in [0.5, 0.6) is 5.75 Å². The van der Waals surface area contributed by atoms with Crippen LogP contribution in [0.1, 0.15) is 49.5 Å². The normalized spacial score (nSPS) is 17.3. The minimum Gasteiger partial charge on any atom is -0.487 e. The number of hydrogen-bond donors (Lipinski definition) is 3. The van der Waals surface area contributed by atoms with Gasteiger partial charge in [0, 0.05) is 44.7 Å². The molecule has 2 heterocycles. The summed E-state index contributed by atoms with van der Waals surface area (Å²) in [4.78, 5) is 43.5. The first kappa shape index (κ1) is 35.5. The fraction of sp³-hybridized carbons (Fsp3) is 0.656. The van der Waals surface area contributed by atoms with Crippen molar-refractivity contribution in [2.24, 2.45) is 13.0 Å². The van der Waals surface area contributed by atoms with Crippen molar-refractivity contribution >= 4 is 28.6 Å². The summed E-state index contributed by atoms with van der Waals surface area (Å²) in [5.41, 5.74) is 0.529. The van der Waals surface area contributed by atoms with E-state index < -0.39 is 23.7 Å². The zero-order chi connectivity index (χ0) is 33.2. The Morgan fingerprint density at radius 2 is 1.59 bits per heavy atom. The maximum absolute atomic E-state index is 14.8. The molecule has 2 atom stereocenters. The number of likely N-dealkylation sites (N-methyl/N-ethyl adjacent to an activating group) is 1. The second-order valence-electron chi connectivity index (χ2n) is 11.8. The van der Waals surface area contributed by atoms with Crippen LogP contribution in [0.4, 0.5) is 8.78 Å². The fourth-order valence-electron chi connectivity index (χ4n) is 6.07. The molecule has 46 heavy (non-hydrogen) atoms. The van der Waals surface area contributed by atoms with Crippen LogP contribution in [-0.4, -0.2) is 122 Å². The maximum Gasteiger partial charge on any atom is 0.270 e. The number of aromatic nitrogens is 1. The molecule has 2 aromatic rings. The maximum atomic E-state index is 14.8. The van der Waals surface area contributed by atoms with E-state index in [1.165, 1.54) is 10.6 Å². The molecule has 1 aromatic heterocycles. The number of carbonyl (C=O) groups excluding carboxylic acids is 3. The molecule has 1 aromatic carbocycles. The molecule has 1 saturated carbocycles. The number of aliphatic hydroxyl groups is 1. The summed E-state index contributed by atoms with van der Waals surface area (Å²) in [5, 5.41) is 14.9. The predicted octanol–water partition coefficient (Wildman–Crippen LogP) is 1.82. The van der Waals surface area contributed by atoms with E-state index in [0.717, 1.165) is 38.2 Å². The molecule has 1 aliphatic carbocycles. The van der Waals surface area contributed by atoms with Crippen LogP contribution >= 0.6 is 0 Å². The zero-order valence-corrected chi connectivity index (χ0v) is 27.0. The van der Waals surface area contributed by atoms with Gasteiger partial charge in [0.2, 0.25) is 17.6 Å². The van der Waals surface area contributed by atoms with E-state index in [4.69, 9.17) is 19.3 Å². The van der Waals surface area contributed by atoms with Crippen molar-refractivity contribution in [1.82, 2.24) is 25.0 Å². The van der Waals surface area contributed by atoms with Crippen molar-refractivity contribution in [2.75, 3.05) is 72.9 Å². The fourth-order valence-corrected chi connectivity index (χ4v) is 6.07. The Hall–Kier alpha value is -3.33. The number of amides is 3. The number of piperazine rings is 1. The number of benzene rings is 1. The Morgan fingerprint density at radius 1 is 0.957 bits per heavy atom. The van der Waals surface area contributed by atoms with Gasteiger partial charge in [-0.3, -0.25) is 14.4 Å². The smallest absolute Gasteiger partial charge is 0.270 e. The summed E-state index contributed by atoms with van der Waals surface area (Å²) in [5.74, 6) is -3.17. The van der Waals surface area contributed by atoms with Gasteiger partial charge in [-0.15, -0.1) is 0 Å². The number of rotatable bonds is 15. The largest absolute Gasteiger partial charge is 0.487 e. The van der Waals surface area contributed by atoms with E-state index >= 15 is 0 Å². The first-order chi connectivity index (χ1) is 22.2. The second kappa shape index (κ2) is 17.0. The first-order valence-electron chi connectivity index (χ1n) is 16.1. The third kappa shape index (κ3) is 8.52. The van der Waals surface area contributed by atoms with Gasteiger partial charge in [0.1, 0.15) is 18.3 Å². The molecule has 1 unspecified atom stereocenters. The van der Waals surface area contributed by atoms with Crippen LogP contribution in [0.2, 0.25) is 0 Å². The van der Waals surface area contributed by atoms with Crippen molar-refractivity contribution in [3.05, 3.63) is 29.5 Å². The van der Waals surface area contributed by atoms with Gasteiger partial charge in [0.25, 0.3) is 5.91 Å². The van der Waals surface area contributed by atoms with E-state index in [1.54, 1.807) is 30.8 Å². The highest BCUT2D eigenvalue weighted by Gasteiger charge is 2.36. The molecule has 1 saturated heterocycles. The number of aryl methyl sites for hydroxylation is 1. The number of ether oxygens (including phenoxy) is 3. The molecule has 0 bridgehead atoms. The van der Waals surface area contributed by atoms with Crippen molar-refractivity contribution in [3.8, 4) is 5.75 Å². The van der Waals surface area contributed by atoms with Gasteiger partial charge in [0.15, 0.2) is 11.6 Å². The monoisotopic (exact) mass is 651 g/mol. The van der Waals surface area contributed by atoms with Crippen LogP contribution in [0.25, 0.3) is 10.9 Å². The Balaban J connectivity index is 1.41. The summed E-state index contributed by atoms with van der Waals surface area (Å²) in [6, 6.07) is 1.48. The van der Waals surface area contributed by atoms with Gasteiger partial charge in [-0.1, -0.05) is 19.3 Å². The van der Waals surface area contributed by atoms with E-state index in [-0.39, 0.29) is 93.2 Å². The SMILES string of the molecule is CNC(C)C(=O)N[C@H](C(=O)N1CCN(C(=O)c2cc3c(OCCOCCOCCO)c(F)c(F)cc3n2C)CC1)C1CCCCC1. The number of nitrogens with one attached hydrogen (secondary N) is 2. The number of halogens is 2. The topological polar surface area (TPSA) is 135 Å². The lowest BCUT2D eigenvalue weighted by Crippen LogP contribution is -2.59. The average Bonchev–Trinajstić information content (AvgIpc) is 3.40. The standard InChI is InChI=1S/C32H47F2N5O7/c1-21(35-2)30(41)36-28(22-7-5-4-6-8-22)32(43)39-11-9-38(10-12-39)31(42)26-19-23-25(37(26)3)20-24(33)27(34)29(23)46-18-17-45-16-15-44-14-13-40/h19-22,28,35,40H,4-18H2,1-3H3,(H,36,41)/t21?,28-/m0/s1. The molecule has 14 heteroatoms. The molecule has 256 valence electrons. The summed E-state index contributed by atoms with van der Waals surface area (Å²) >= 11 is 0. The van der Waals surface area contributed by atoms with Crippen LogP contribution < -0.4 is 15.4 Å². The third-order valence-corrected chi connectivity index (χ3v) is 8.89. The quantitative estimate of drug-likeness (QED) is 0.249. The molecular formula is C32H47F2N5O7. The van der Waals surface area contributed by atoms with E-state index in [2.05, 4.69) is 10.6 Å². The minimum atomic E-state index is -1.15. The molecule has 12 nitrogen and oxygen atoms in total. The van der Waals surface area contributed by atoms with Gasteiger partial charge in [0.05, 0.1) is 44.6 Å². The van der Waals surface area contributed by atoms with Crippen molar-refractivity contribution < 1.29 is 42.5 Å². The highest BCUT2D eigenvalue weighted by molar-refractivity contribution is 6.00. The number of carbonyl (C=O) groups is 3. The van der Waals surface area contributed by atoms with Crippen LogP contribution in [0.3, 0.4) is 0 Å². The zero-order valence-electron chi connectivity index (χ0n) is 27.0. The van der Waals surface area contributed by atoms with Crippen LogP contribution in [-0.2, 0) is 26.1 Å². The van der Waals surface area contributed by atoms with Crippen molar-refractivity contribution in [2.45, 2.75) is 51.1 Å². The Morgan fingerprint density at radius 3 is 2.24 bits per heavy atom. The van der Waals surface area contributed by atoms with Crippen LogP contribution in [0.15, 0.2) is 12.1 Å². The van der Waals surface area contributed by atoms with Crippen molar-refractivity contribution in [1.29, 1.82) is 0 Å². The minimum absolute atomic E-state index is 0.0557. The first-order valence-corrected chi connectivity index (χ1v) is 16.1. The molecular weight excluding hydrogens is 604 g/mol. The number of nitrogens with zero attached hydrogens (tertiary/aromatic N) is 3. The molecule has 0 radical (unpaired) electrons. The summed E-state index contributed by atoms with van der Waals surface area (Å²) in [6.07, 6.45) is 4.93. The van der Waals surface area contributed by atoms with E-state index in [1.807, 2.05) is 0 Å². The summed E-state index contributed by atoms with van der Waals surface area (Å²) in [6.45, 7) is 3.59. The summed E-state index contributed by atoms with van der Waals surface area (Å²) in [7, 11) is 3.31. The Bertz CT molecular complexity index is 1340. The highest BCUT2D eigenvalue weighted by Crippen LogP contribution is 2.34. The molecule has 3 N–H and O–H groups in total. The van der Waals surface area contributed by atoms with Gasteiger partial charge in [-0.2, -0.15) is 4.39 Å². The number of hydrogen-bond acceptors (Lipinski definition) is 8. The molecule has 3 amide bonds. The Kier molecular flexibility index (Phi) is 13.1. The lowest BCUT2D eigenvalue weighted by molar-refractivity contribution is -0.140. The predicted molar refractivity (Wildman–Crippen MR) is 167 cm³/mol. The van der Waals surface area contributed by atoms with Gasteiger partial charge < -0.3 is 44.3 Å². The van der Waals surface area contributed by atoms with Crippen LogP contribution in [0, 0.1) is 17.6 Å². The number of aliphatic hydroxyl groups excluding tert-OH is 1.